The number of carbonyl (C=O) groups excluding carboxylic acids is 1. The summed E-state index contributed by atoms with van der Waals surface area (Å²) in [6.45, 7) is 1.85. The Labute approximate surface area is 128 Å². The number of nitrogens with one attached hydrogen (secondary N) is 1. The minimum absolute atomic E-state index is 0.0379. The van der Waals surface area contributed by atoms with Crippen molar-refractivity contribution in [3.05, 3.63) is 48.0 Å². The minimum atomic E-state index is -0.539. The molecule has 1 spiro atoms. The van der Waals surface area contributed by atoms with Crippen LogP contribution in [0.5, 0.6) is 0 Å². The highest BCUT2D eigenvalue weighted by Gasteiger charge is 2.45. The fourth-order valence-electron chi connectivity index (χ4n) is 3.53. The Hall–Kier alpha value is -2.56. The molecule has 4 rings (SSSR count). The van der Waals surface area contributed by atoms with E-state index in [1.807, 2.05) is 25.4 Å². The van der Waals surface area contributed by atoms with Crippen molar-refractivity contribution in [1.82, 2.24) is 15.3 Å². The van der Waals surface area contributed by atoms with Gasteiger partial charge in [0.05, 0.1) is 0 Å². The Kier molecular flexibility index (Phi) is 2.82. The van der Waals surface area contributed by atoms with E-state index >= 15 is 0 Å². The van der Waals surface area contributed by atoms with E-state index in [-0.39, 0.29) is 5.91 Å². The van der Waals surface area contributed by atoms with Crippen LogP contribution in [0.4, 0.5) is 0 Å². The fraction of sp³-hybridized carbons (Fsp3) is 0.294. The van der Waals surface area contributed by atoms with Crippen LogP contribution >= 0.6 is 0 Å². The number of hydrogen-bond acceptors (Lipinski definition) is 4. The van der Waals surface area contributed by atoms with Gasteiger partial charge in [0.1, 0.15) is 17.7 Å². The second-order valence-electron chi connectivity index (χ2n) is 5.96. The molecule has 1 aromatic carbocycles. The van der Waals surface area contributed by atoms with Crippen molar-refractivity contribution < 1.29 is 4.79 Å². The number of fused-ring (bicyclic) bond motifs is 1. The van der Waals surface area contributed by atoms with E-state index in [0.717, 1.165) is 29.8 Å². The normalized spacial score (nSPS) is 23.1. The van der Waals surface area contributed by atoms with Crippen LogP contribution in [0.25, 0.3) is 11.1 Å². The highest BCUT2D eigenvalue weighted by molar-refractivity contribution is 6.06. The molecule has 22 heavy (non-hydrogen) atoms. The van der Waals surface area contributed by atoms with Crippen molar-refractivity contribution in [3.8, 4) is 11.1 Å². The number of amides is 1. The summed E-state index contributed by atoms with van der Waals surface area (Å²) in [6.07, 6.45) is 7.50. The average Bonchev–Trinajstić information content (AvgIpc) is 2.80. The third-order valence-electron chi connectivity index (χ3n) is 4.54. The molecule has 0 saturated heterocycles. The zero-order valence-corrected chi connectivity index (χ0v) is 12.3. The molecular weight excluding hydrogens is 276 g/mol. The first-order chi connectivity index (χ1) is 10.7. The largest absolute Gasteiger partial charge is 0.359 e. The predicted molar refractivity (Wildman–Crippen MR) is 83.5 cm³/mol. The number of carbonyl (C=O) groups is 1. The van der Waals surface area contributed by atoms with E-state index in [4.69, 9.17) is 0 Å². The lowest BCUT2D eigenvalue weighted by Crippen LogP contribution is -2.52. The fourth-order valence-corrected chi connectivity index (χ4v) is 3.53. The number of aromatic nitrogens is 2. The second-order valence-corrected chi connectivity index (χ2v) is 5.96. The smallest absolute Gasteiger partial charge is 0.273 e. The molecule has 0 fully saturated rings. The molecule has 1 aliphatic heterocycles. The zero-order valence-electron chi connectivity index (χ0n) is 12.3. The number of aliphatic imine (C=N–C) groups is 1. The summed E-state index contributed by atoms with van der Waals surface area (Å²) < 4.78 is 0. The highest BCUT2D eigenvalue weighted by Crippen LogP contribution is 2.36. The summed E-state index contributed by atoms with van der Waals surface area (Å²) in [6, 6.07) is 6.24. The Morgan fingerprint density at radius 3 is 2.77 bits per heavy atom. The van der Waals surface area contributed by atoms with Crippen LogP contribution in [-0.2, 0) is 17.6 Å². The Morgan fingerprint density at radius 2 is 2.05 bits per heavy atom. The summed E-state index contributed by atoms with van der Waals surface area (Å²) in [7, 11) is 0. The quantitative estimate of drug-likeness (QED) is 0.872. The lowest BCUT2D eigenvalue weighted by molar-refractivity contribution is -0.122. The van der Waals surface area contributed by atoms with E-state index in [1.165, 1.54) is 17.5 Å². The molecule has 5 heteroatoms. The van der Waals surface area contributed by atoms with Crippen molar-refractivity contribution in [2.24, 2.45) is 4.99 Å². The lowest BCUT2D eigenvalue weighted by Gasteiger charge is -2.34. The first-order valence-electron chi connectivity index (χ1n) is 7.42. The van der Waals surface area contributed by atoms with Gasteiger partial charge in [-0.1, -0.05) is 18.2 Å². The van der Waals surface area contributed by atoms with E-state index in [9.17, 15) is 4.79 Å². The molecule has 110 valence electrons. The molecule has 1 amide bonds. The molecule has 0 saturated carbocycles. The zero-order chi connectivity index (χ0) is 15.2. The monoisotopic (exact) mass is 292 g/mol. The second kappa shape index (κ2) is 4.73. The van der Waals surface area contributed by atoms with Crippen LogP contribution in [-0.4, -0.2) is 27.2 Å². The van der Waals surface area contributed by atoms with Crippen LogP contribution in [0, 0.1) is 0 Å². The number of nitrogens with zero attached hydrogens (tertiary/aromatic N) is 3. The van der Waals surface area contributed by atoms with Gasteiger partial charge in [0.15, 0.2) is 0 Å². The summed E-state index contributed by atoms with van der Waals surface area (Å²) in [5.74, 6) is 0.685. The average molecular weight is 292 g/mol. The van der Waals surface area contributed by atoms with Gasteiger partial charge in [-0.25, -0.2) is 9.97 Å². The molecule has 1 aromatic heterocycles. The number of hydrogen-bond donors (Lipinski definition) is 1. The van der Waals surface area contributed by atoms with Crippen molar-refractivity contribution >= 4 is 11.7 Å². The van der Waals surface area contributed by atoms with Gasteiger partial charge in [-0.3, -0.25) is 4.79 Å². The maximum absolute atomic E-state index is 12.3. The van der Waals surface area contributed by atoms with Crippen molar-refractivity contribution in [2.45, 2.75) is 31.7 Å². The first kappa shape index (κ1) is 13.1. The minimum Gasteiger partial charge on any atom is -0.359 e. The SMILES string of the molecule is CC1=NC(=O)C2(CCc3c(cccc3-c3cncnc3)C2)N1. The van der Waals surface area contributed by atoms with Crippen molar-refractivity contribution in [1.29, 1.82) is 0 Å². The van der Waals surface area contributed by atoms with Gasteiger partial charge in [0, 0.05) is 24.4 Å². The summed E-state index contributed by atoms with van der Waals surface area (Å²) in [5.41, 5.74) is 4.15. The highest BCUT2D eigenvalue weighted by atomic mass is 16.2. The third kappa shape index (κ3) is 1.93. The summed E-state index contributed by atoms with van der Waals surface area (Å²) in [4.78, 5) is 24.5. The lowest BCUT2D eigenvalue weighted by atomic mass is 9.76. The Morgan fingerprint density at radius 1 is 1.23 bits per heavy atom. The molecule has 5 nitrogen and oxygen atoms in total. The van der Waals surface area contributed by atoms with Gasteiger partial charge in [-0.05, 0) is 36.5 Å². The Balaban J connectivity index is 1.75. The topological polar surface area (TPSA) is 67.2 Å². The molecular formula is C17H16N4O. The number of rotatable bonds is 1. The summed E-state index contributed by atoms with van der Waals surface area (Å²) in [5, 5.41) is 3.29. The van der Waals surface area contributed by atoms with Gasteiger partial charge >= 0.3 is 0 Å². The number of benzene rings is 1. The van der Waals surface area contributed by atoms with Crippen LogP contribution in [0.15, 0.2) is 41.9 Å². The van der Waals surface area contributed by atoms with E-state index < -0.39 is 5.54 Å². The molecule has 1 aliphatic carbocycles. The van der Waals surface area contributed by atoms with E-state index in [0.29, 0.717) is 6.42 Å². The molecule has 2 heterocycles. The Bertz CT molecular complexity index is 785. The standard InChI is InChI=1S/C17H16N4O/c1-11-20-16(22)17(21-11)6-5-15-12(7-17)3-2-4-14(15)13-8-18-10-19-9-13/h2-4,8-10H,5-7H2,1H3,(H,20,21,22). The maximum atomic E-state index is 12.3. The molecule has 1 unspecified atom stereocenters. The molecule has 1 N–H and O–H groups in total. The van der Waals surface area contributed by atoms with Gasteiger partial charge in [0.25, 0.3) is 5.91 Å². The molecule has 1 atom stereocenters. The van der Waals surface area contributed by atoms with Crippen LogP contribution < -0.4 is 5.32 Å². The third-order valence-corrected chi connectivity index (χ3v) is 4.54. The van der Waals surface area contributed by atoms with Crippen LogP contribution in [0.2, 0.25) is 0 Å². The van der Waals surface area contributed by atoms with E-state index in [1.54, 1.807) is 0 Å². The molecule has 0 radical (unpaired) electrons. The van der Waals surface area contributed by atoms with E-state index in [2.05, 4.69) is 32.4 Å². The van der Waals surface area contributed by atoms with Crippen molar-refractivity contribution in [3.63, 3.8) is 0 Å². The predicted octanol–water partition coefficient (Wildman–Crippen LogP) is 1.92. The van der Waals surface area contributed by atoms with Gasteiger partial charge in [-0.15, -0.1) is 0 Å². The summed E-state index contributed by atoms with van der Waals surface area (Å²) >= 11 is 0. The van der Waals surface area contributed by atoms with Gasteiger partial charge < -0.3 is 5.32 Å². The maximum Gasteiger partial charge on any atom is 0.273 e. The van der Waals surface area contributed by atoms with Gasteiger partial charge in [0.2, 0.25) is 0 Å². The van der Waals surface area contributed by atoms with Crippen LogP contribution in [0.3, 0.4) is 0 Å². The van der Waals surface area contributed by atoms with Gasteiger partial charge in [-0.2, -0.15) is 4.99 Å². The van der Waals surface area contributed by atoms with Crippen molar-refractivity contribution in [2.75, 3.05) is 0 Å². The first-order valence-corrected chi connectivity index (χ1v) is 7.42. The number of amidine groups is 1. The molecule has 2 aromatic rings. The van der Waals surface area contributed by atoms with Crippen LogP contribution in [0.1, 0.15) is 24.5 Å². The molecule has 0 bridgehead atoms. The molecule has 2 aliphatic rings.